The molecule has 1 nitrogen and oxygen atoms in total. The lowest BCUT2D eigenvalue weighted by molar-refractivity contribution is 0.384. The molecule has 0 atom stereocenters. The summed E-state index contributed by atoms with van der Waals surface area (Å²) in [5, 5.41) is 3.69. The van der Waals surface area contributed by atoms with E-state index in [0.717, 1.165) is 12.6 Å². The average molecular weight is 207 g/mol. The van der Waals surface area contributed by atoms with Crippen LogP contribution in [0.5, 0.6) is 0 Å². The Hall–Kier alpha value is -0.300. The van der Waals surface area contributed by atoms with Crippen LogP contribution in [0.25, 0.3) is 0 Å². The van der Waals surface area contributed by atoms with Gasteiger partial charge >= 0.3 is 0 Å². The van der Waals surface area contributed by atoms with Gasteiger partial charge in [0.05, 0.1) is 0 Å². The van der Waals surface area contributed by atoms with E-state index in [0.29, 0.717) is 0 Å². The summed E-state index contributed by atoms with van der Waals surface area (Å²) in [7, 11) is 0. The molecule has 2 rings (SSSR count). The minimum absolute atomic E-state index is 0.819. The van der Waals surface area contributed by atoms with Crippen molar-refractivity contribution in [2.45, 2.75) is 70.3 Å². The molecule has 0 aromatic carbocycles. The molecule has 86 valence electrons. The highest BCUT2D eigenvalue weighted by Crippen LogP contribution is 2.22. The Balaban J connectivity index is 1.64. The molecule has 2 saturated carbocycles. The third-order valence-electron chi connectivity index (χ3n) is 3.90. The fourth-order valence-corrected chi connectivity index (χ4v) is 2.89. The van der Waals surface area contributed by atoms with Crippen molar-refractivity contribution in [1.82, 2.24) is 5.32 Å². The van der Waals surface area contributed by atoms with E-state index in [2.05, 4.69) is 11.4 Å². The second-order valence-electron chi connectivity index (χ2n) is 5.17. The van der Waals surface area contributed by atoms with Gasteiger partial charge in [-0.05, 0) is 38.5 Å². The van der Waals surface area contributed by atoms with Crippen LogP contribution in [0.1, 0.15) is 64.2 Å². The van der Waals surface area contributed by atoms with E-state index in [-0.39, 0.29) is 0 Å². The third-order valence-corrected chi connectivity index (χ3v) is 3.90. The lowest BCUT2D eigenvalue weighted by Gasteiger charge is -2.22. The van der Waals surface area contributed by atoms with Gasteiger partial charge in [0.1, 0.15) is 0 Å². The molecule has 0 heterocycles. The SMILES string of the molecule is C(CNC1CCCCC1)=C1CCCCC1. The van der Waals surface area contributed by atoms with E-state index in [1.165, 1.54) is 64.2 Å². The Labute approximate surface area is 94.3 Å². The van der Waals surface area contributed by atoms with Gasteiger partial charge in [-0.15, -0.1) is 0 Å². The lowest BCUT2D eigenvalue weighted by atomic mass is 9.94. The smallest absolute Gasteiger partial charge is 0.0140 e. The molecule has 15 heavy (non-hydrogen) atoms. The molecule has 0 spiro atoms. The maximum absolute atomic E-state index is 3.69. The van der Waals surface area contributed by atoms with E-state index in [1.54, 1.807) is 5.57 Å². The van der Waals surface area contributed by atoms with Crippen molar-refractivity contribution in [2.75, 3.05) is 6.54 Å². The fourth-order valence-electron chi connectivity index (χ4n) is 2.89. The van der Waals surface area contributed by atoms with Crippen LogP contribution < -0.4 is 5.32 Å². The standard InChI is InChI=1S/C14H25N/c1-3-7-13(8-4-1)11-12-15-14-9-5-2-6-10-14/h11,14-15H,1-10,12H2. The molecule has 0 bridgehead atoms. The van der Waals surface area contributed by atoms with Gasteiger partial charge in [-0.25, -0.2) is 0 Å². The van der Waals surface area contributed by atoms with E-state index in [9.17, 15) is 0 Å². The molecule has 0 saturated heterocycles. The Bertz CT molecular complexity index is 193. The molecule has 0 aromatic rings. The second-order valence-corrected chi connectivity index (χ2v) is 5.17. The zero-order chi connectivity index (χ0) is 10.3. The van der Waals surface area contributed by atoms with Gasteiger partial charge in [0.25, 0.3) is 0 Å². The Kier molecular flexibility index (Phi) is 4.72. The van der Waals surface area contributed by atoms with Crippen molar-refractivity contribution >= 4 is 0 Å². The number of hydrogen-bond donors (Lipinski definition) is 1. The Morgan fingerprint density at radius 2 is 1.60 bits per heavy atom. The summed E-state index contributed by atoms with van der Waals surface area (Å²) in [5.41, 5.74) is 1.71. The zero-order valence-electron chi connectivity index (χ0n) is 9.93. The molecule has 2 fully saturated rings. The molecule has 0 aromatic heterocycles. The first kappa shape index (κ1) is 11.2. The van der Waals surface area contributed by atoms with Crippen molar-refractivity contribution in [1.29, 1.82) is 0 Å². The van der Waals surface area contributed by atoms with Crippen LogP contribution >= 0.6 is 0 Å². The number of nitrogens with one attached hydrogen (secondary N) is 1. The maximum atomic E-state index is 3.69. The summed E-state index contributed by atoms with van der Waals surface area (Å²) < 4.78 is 0. The minimum Gasteiger partial charge on any atom is -0.311 e. The van der Waals surface area contributed by atoms with Crippen molar-refractivity contribution in [3.8, 4) is 0 Å². The minimum atomic E-state index is 0.819. The first-order chi connectivity index (χ1) is 7.45. The highest BCUT2D eigenvalue weighted by Gasteiger charge is 2.11. The third kappa shape index (κ3) is 3.98. The van der Waals surface area contributed by atoms with Crippen LogP contribution in [-0.4, -0.2) is 12.6 Å². The molecule has 2 aliphatic carbocycles. The number of hydrogen-bond acceptors (Lipinski definition) is 1. The van der Waals surface area contributed by atoms with Gasteiger partial charge in [-0.2, -0.15) is 0 Å². The molecule has 0 amide bonds. The van der Waals surface area contributed by atoms with E-state index in [4.69, 9.17) is 0 Å². The molecular formula is C14H25N. The second kappa shape index (κ2) is 6.32. The van der Waals surface area contributed by atoms with Crippen molar-refractivity contribution < 1.29 is 0 Å². The molecular weight excluding hydrogens is 182 g/mol. The van der Waals surface area contributed by atoms with Crippen LogP contribution in [0.3, 0.4) is 0 Å². The van der Waals surface area contributed by atoms with Gasteiger partial charge < -0.3 is 5.32 Å². The quantitative estimate of drug-likeness (QED) is 0.694. The predicted molar refractivity (Wildman–Crippen MR) is 66.0 cm³/mol. The van der Waals surface area contributed by atoms with Gasteiger partial charge in [0.2, 0.25) is 0 Å². The van der Waals surface area contributed by atoms with E-state index in [1.807, 2.05) is 0 Å². The Morgan fingerprint density at radius 1 is 0.933 bits per heavy atom. The zero-order valence-corrected chi connectivity index (χ0v) is 9.93. The average Bonchev–Trinajstić information content (AvgIpc) is 2.32. The van der Waals surface area contributed by atoms with Gasteiger partial charge in [-0.3, -0.25) is 0 Å². The summed E-state index contributed by atoms with van der Waals surface area (Å²) in [6, 6.07) is 0.819. The summed E-state index contributed by atoms with van der Waals surface area (Å²) in [4.78, 5) is 0. The fraction of sp³-hybridized carbons (Fsp3) is 0.857. The highest BCUT2D eigenvalue weighted by atomic mass is 14.9. The molecule has 2 aliphatic rings. The van der Waals surface area contributed by atoms with Crippen molar-refractivity contribution in [3.63, 3.8) is 0 Å². The van der Waals surface area contributed by atoms with Crippen molar-refractivity contribution in [3.05, 3.63) is 11.6 Å². The molecule has 1 heteroatoms. The summed E-state index contributed by atoms with van der Waals surface area (Å²) in [6.45, 7) is 1.12. The molecule has 1 N–H and O–H groups in total. The van der Waals surface area contributed by atoms with Crippen LogP contribution in [0.15, 0.2) is 11.6 Å². The normalized spacial score (nSPS) is 24.1. The first-order valence-electron chi connectivity index (χ1n) is 6.86. The van der Waals surface area contributed by atoms with E-state index >= 15 is 0 Å². The summed E-state index contributed by atoms with van der Waals surface area (Å²) in [5.74, 6) is 0. The topological polar surface area (TPSA) is 12.0 Å². The van der Waals surface area contributed by atoms with Gasteiger partial charge in [0.15, 0.2) is 0 Å². The van der Waals surface area contributed by atoms with Crippen LogP contribution in [0.2, 0.25) is 0 Å². The largest absolute Gasteiger partial charge is 0.311 e. The van der Waals surface area contributed by atoms with Gasteiger partial charge in [0, 0.05) is 12.6 Å². The maximum Gasteiger partial charge on any atom is 0.0140 e. The van der Waals surface area contributed by atoms with E-state index < -0.39 is 0 Å². The number of allylic oxidation sites excluding steroid dienone is 1. The van der Waals surface area contributed by atoms with Crippen molar-refractivity contribution in [2.24, 2.45) is 0 Å². The predicted octanol–water partition coefficient (Wildman–Crippen LogP) is 3.80. The van der Waals surface area contributed by atoms with Crippen LogP contribution in [-0.2, 0) is 0 Å². The molecule has 0 aliphatic heterocycles. The molecule has 0 radical (unpaired) electrons. The lowest BCUT2D eigenvalue weighted by Crippen LogP contribution is -2.31. The number of rotatable bonds is 3. The Morgan fingerprint density at radius 3 is 2.33 bits per heavy atom. The summed E-state index contributed by atoms with van der Waals surface area (Å²) in [6.07, 6.45) is 16.7. The monoisotopic (exact) mass is 207 g/mol. The summed E-state index contributed by atoms with van der Waals surface area (Å²) >= 11 is 0. The highest BCUT2D eigenvalue weighted by molar-refractivity contribution is 5.05. The van der Waals surface area contributed by atoms with Crippen LogP contribution in [0.4, 0.5) is 0 Å². The van der Waals surface area contributed by atoms with Crippen LogP contribution in [0, 0.1) is 0 Å². The van der Waals surface area contributed by atoms with Gasteiger partial charge in [-0.1, -0.05) is 37.3 Å². The first-order valence-corrected chi connectivity index (χ1v) is 6.86. The molecule has 0 unspecified atom stereocenters.